The molecule has 12 heavy (non-hydrogen) atoms. The number of nitrogens with zero attached hydrogens (tertiary/aromatic N) is 3. The van der Waals surface area contributed by atoms with Gasteiger partial charge in [-0.2, -0.15) is 0 Å². The molecule has 0 radical (unpaired) electrons. The average Bonchev–Trinajstić information content (AvgIpc) is 2.48. The molecule has 0 aliphatic rings. The Bertz CT molecular complexity index is 225. The first-order valence-electron chi connectivity index (χ1n) is 3.84. The first-order chi connectivity index (χ1) is 5.83. The zero-order chi connectivity index (χ0) is 8.97. The highest BCUT2D eigenvalue weighted by atomic mass is 32.2. The van der Waals surface area contributed by atoms with Gasteiger partial charge in [-0.05, 0) is 18.9 Å². The maximum Gasteiger partial charge on any atom is 0.191 e. The van der Waals surface area contributed by atoms with E-state index in [1.54, 1.807) is 23.5 Å². The molecule has 1 heterocycles. The van der Waals surface area contributed by atoms with E-state index in [1.165, 1.54) is 0 Å². The van der Waals surface area contributed by atoms with Crippen LogP contribution in [-0.2, 0) is 6.54 Å². The molecule has 0 aromatic carbocycles. The minimum absolute atomic E-state index is 1.01. The monoisotopic (exact) mass is 203 g/mol. The first kappa shape index (κ1) is 9.92. The van der Waals surface area contributed by atoms with E-state index in [0.717, 1.165) is 23.3 Å². The molecule has 1 aromatic heterocycles. The van der Waals surface area contributed by atoms with Crippen LogP contribution in [0.4, 0.5) is 0 Å². The summed E-state index contributed by atoms with van der Waals surface area (Å²) in [4.78, 5) is 0. The molecule has 0 saturated heterocycles. The number of hydrogen-bond donors (Lipinski definition) is 0. The number of rotatable bonds is 4. The molecule has 0 bridgehead atoms. The number of thioether (sulfide) groups is 2. The molecule has 0 unspecified atom stereocenters. The zero-order valence-electron chi connectivity index (χ0n) is 7.57. The van der Waals surface area contributed by atoms with E-state index in [4.69, 9.17) is 0 Å². The molecule has 5 heteroatoms. The van der Waals surface area contributed by atoms with Crippen molar-refractivity contribution in [2.45, 2.75) is 30.2 Å². The Hall–Kier alpha value is -0.160. The SMILES string of the molecule is CCCn1c(SC)nnc1SC. The summed E-state index contributed by atoms with van der Waals surface area (Å²) >= 11 is 3.30. The van der Waals surface area contributed by atoms with Gasteiger partial charge in [0, 0.05) is 6.54 Å². The van der Waals surface area contributed by atoms with E-state index >= 15 is 0 Å². The van der Waals surface area contributed by atoms with Crippen LogP contribution in [0.1, 0.15) is 13.3 Å². The van der Waals surface area contributed by atoms with Crippen LogP contribution in [0.25, 0.3) is 0 Å². The summed E-state index contributed by atoms with van der Waals surface area (Å²) in [6.45, 7) is 3.17. The summed E-state index contributed by atoms with van der Waals surface area (Å²) in [5.41, 5.74) is 0. The molecule has 3 nitrogen and oxygen atoms in total. The molecule has 0 amide bonds. The summed E-state index contributed by atoms with van der Waals surface area (Å²) < 4.78 is 2.16. The lowest BCUT2D eigenvalue weighted by Crippen LogP contribution is -1.99. The highest BCUT2D eigenvalue weighted by Gasteiger charge is 2.08. The standard InChI is InChI=1S/C7H13N3S2/c1-4-5-10-6(11-2)8-9-7(10)12-3/h4-5H2,1-3H3. The molecule has 1 aromatic rings. The predicted octanol–water partition coefficient (Wildman–Crippen LogP) is 2.13. The normalized spacial score (nSPS) is 10.6. The van der Waals surface area contributed by atoms with Crippen LogP contribution < -0.4 is 0 Å². The second kappa shape index (κ2) is 4.77. The summed E-state index contributed by atoms with van der Waals surface area (Å²) in [6, 6.07) is 0. The van der Waals surface area contributed by atoms with Crippen molar-refractivity contribution in [1.29, 1.82) is 0 Å². The Morgan fingerprint density at radius 2 is 1.67 bits per heavy atom. The zero-order valence-corrected chi connectivity index (χ0v) is 9.21. The molecular weight excluding hydrogens is 190 g/mol. The molecular formula is C7H13N3S2. The Kier molecular flexibility index (Phi) is 3.94. The molecule has 0 saturated carbocycles. The van der Waals surface area contributed by atoms with Crippen LogP contribution in [0, 0.1) is 0 Å². The average molecular weight is 203 g/mol. The van der Waals surface area contributed by atoms with Gasteiger partial charge in [0.1, 0.15) is 0 Å². The van der Waals surface area contributed by atoms with Crippen molar-refractivity contribution in [3.8, 4) is 0 Å². The fourth-order valence-corrected chi connectivity index (χ4v) is 2.09. The van der Waals surface area contributed by atoms with E-state index in [2.05, 4.69) is 21.7 Å². The third-order valence-electron chi connectivity index (χ3n) is 1.50. The molecule has 0 atom stereocenters. The van der Waals surface area contributed by atoms with Crippen molar-refractivity contribution in [2.75, 3.05) is 12.5 Å². The number of aromatic nitrogens is 3. The lowest BCUT2D eigenvalue weighted by Gasteiger charge is -2.04. The van der Waals surface area contributed by atoms with Gasteiger partial charge in [0.25, 0.3) is 0 Å². The van der Waals surface area contributed by atoms with Crippen LogP contribution in [0.5, 0.6) is 0 Å². The van der Waals surface area contributed by atoms with Gasteiger partial charge in [0.15, 0.2) is 10.3 Å². The van der Waals surface area contributed by atoms with Gasteiger partial charge in [-0.15, -0.1) is 10.2 Å². The van der Waals surface area contributed by atoms with Crippen molar-refractivity contribution in [1.82, 2.24) is 14.8 Å². The van der Waals surface area contributed by atoms with Crippen molar-refractivity contribution < 1.29 is 0 Å². The number of hydrogen-bond acceptors (Lipinski definition) is 4. The highest BCUT2D eigenvalue weighted by molar-refractivity contribution is 7.99. The topological polar surface area (TPSA) is 30.7 Å². The Labute approximate surface area is 81.3 Å². The van der Waals surface area contributed by atoms with Gasteiger partial charge < -0.3 is 0 Å². The van der Waals surface area contributed by atoms with Gasteiger partial charge in [-0.1, -0.05) is 30.4 Å². The lowest BCUT2D eigenvalue weighted by atomic mass is 10.5. The third kappa shape index (κ3) is 1.95. The van der Waals surface area contributed by atoms with Crippen LogP contribution in [0.15, 0.2) is 10.3 Å². The molecule has 1 rings (SSSR count). The van der Waals surface area contributed by atoms with E-state index in [0.29, 0.717) is 0 Å². The van der Waals surface area contributed by atoms with Crippen molar-refractivity contribution in [2.24, 2.45) is 0 Å². The van der Waals surface area contributed by atoms with Crippen molar-refractivity contribution in [3.63, 3.8) is 0 Å². The van der Waals surface area contributed by atoms with E-state index in [9.17, 15) is 0 Å². The summed E-state index contributed by atoms with van der Waals surface area (Å²) in [5, 5.41) is 10.2. The Morgan fingerprint density at radius 1 is 1.17 bits per heavy atom. The van der Waals surface area contributed by atoms with E-state index in [1.807, 2.05) is 12.5 Å². The smallest absolute Gasteiger partial charge is 0.191 e. The maximum absolute atomic E-state index is 4.08. The fraction of sp³-hybridized carbons (Fsp3) is 0.714. The lowest BCUT2D eigenvalue weighted by molar-refractivity contribution is 0.576. The summed E-state index contributed by atoms with van der Waals surface area (Å²) in [5.74, 6) is 0. The quantitative estimate of drug-likeness (QED) is 0.701. The summed E-state index contributed by atoms with van der Waals surface area (Å²) in [6.07, 6.45) is 5.18. The Balaban J connectivity index is 2.90. The molecule has 0 fully saturated rings. The molecule has 68 valence electrons. The van der Waals surface area contributed by atoms with Crippen LogP contribution in [0.3, 0.4) is 0 Å². The molecule has 0 aliphatic carbocycles. The largest absolute Gasteiger partial charge is 0.297 e. The highest BCUT2D eigenvalue weighted by Crippen LogP contribution is 2.19. The van der Waals surface area contributed by atoms with Crippen LogP contribution in [-0.4, -0.2) is 27.3 Å². The second-order valence-electron chi connectivity index (χ2n) is 2.33. The second-order valence-corrected chi connectivity index (χ2v) is 3.87. The van der Waals surface area contributed by atoms with Crippen molar-refractivity contribution in [3.05, 3.63) is 0 Å². The van der Waals surface area contributed by atoms with Crippen LogP contribution >= 0.6 is 23.5 Å². The van der Waals surface area contributed by atoms with Gasteiger partial charge >= 0.3 is 0 Å². The maximum atomic E-state index is 4.08. The molecule has 0 N–H and O–H groups in total. The third-order valence-corrected chi connectivity index (χ3v) is 2.83. The van der Waals surface area contributed by atoms with Crippen LogP contribution in [0.2, 0.25) is 0 Å². The van der Waals surface area contributed by atoms with Gasteiger partial charge in [0.05, 0.1) is 0 Å². The minimum atomic E-state index is 1.01. The van der Waals surface area contributed by atoms with Crippen molar-refractivity contribution >= 4 is 23.5 Å². The molecule has 0 spiro atoms. The first-order valence-corrected chi connectivity index (χ1v) is 6.29. The Morgan fingerprint density at radius 3 is 2.00 bits per heavy atom. The minimum Gasteiger partial charge on any atom is -0.297 e. The predicted molar refractivity (Wildman–Crippen MR) is 53.9 cm³/mol. The van der Waals surface area contributed by atoms with Gasteiger partial charge in [-0.3, -0.25) is 4.57 Å². The summed E-state index contributed by atoms with van der Waals surface area (Å²) in [7, 11) is 0. The fourth-order valence-electron chi connectivity index (χ4n) is 0.992. The van der Waals surface area contributed by atoms with Gasteiger partial charge in [-0.25, -0.2) is 0 Å². The van der Waals surface area contributed by atoms with E-state index in [-0.39, 0.29) is 0 Å². The van der Waals surface area contributed by atoms with E-state index < -0.39 is 0 Å². The van der Waals surface area contributed by atoms with Gasteiger partial charge in [0.2, 0.25) is 0 Å². The molecule has 0 aliphatic heterocycles.